The van der Waals surface area contributed by atoms with Crippen molar-refractivity contribution < 1.29 is 9.53 Å². The molecule has 0 radical (unpaired) electrons. The molecule has 0 spiro atoms. The molecule has 1 amide bonds. The van der Waals surface area contributed by atoms with Crippen LogP contribution in [0.1, 0.15) is 17.0 Å². The van der Waals surface area contributed by atoms with Crippen LogP contribution in [0.3, 0.4) is 0 Å². The van der Waals surface area contributed by atoms with E-state index in [-0.39, 0.29) is 5.91 Å². The van der Waals surface area contributed by atoms with Crippen molar-refractivity contribution in [1.82, 2.24) is 19.7 Å². The van der Waals surface area contributed by atoms with Crippen molar-refractivity contribution in [2.75, 3.05) is 5.32 Å². The van der Waals surface area contributed by atoms with Crippen LogP contribution in [0.4, 0.5) is 5.69 Å². The molecule has 0 saturated heterocycles. The fraction of sp³-hybridized carbons (Fsp3) is 0.130. The van der Waals surface area contributed by atoms with Gasteiger partial charge in [0.25, 0.3) is 0 Å². The highest BCUT2D eigenvalue weighted by molar-refractivity contribution is 5.92. The Morgan fingerprint density at radius 3 is 2.47 bits per heavy atom. The van der Waals surface area contributed by atoms with Gasteiger partial charge < -0.3 is 10.1 Å². The normalized spacial score (nSPS) is 10.6. The number of benzene rings is 2. The summed E-state index contributed by atoms with van der Waals surface area (Å²) < 4.78 is 7.58. The number of aromatic nitrogens is 4. The van der Waals surface area contributed by atoms with E-state index in [1.54, 1.807) is 35.0 Å². The molecule has 4 aromatic rings. The number of anilines is 1. The van der Waals surface area contributed by atoms with Gasteiger partial charge in [-0.25, -0.2) is 14.6 Å². The highest BCUT2D eigenvalue weighted by Gasteiger charge is 2.08. The van der Waals surface area contributed by atoms with Gasteiger partial charge in [-0.3, -0.25) is 4.79 Å². The van der Waals surface area contributed by atoms with Crippen molar-refractivity contribution >= 4 is 11.6 Å². The van der Waals surface area contributed by atoms with Crippen LogP contribution in [0.2, 0.25) is 0 Å². The smallest absolute Gasteiger partial charge is 0.228 e. The highest BCUT2D eigenvalue weighted by atomic mass is 16.5. The van der Waals surface area contributed by atoms with Gasteiger partial charge in [0.15, 0.2) is 5.82 Å². The van der Waals surface area contributed by atoms with E-state index >= 15 is 0 Å². The fourth-order valence-electron chi connectivity index (χ4n) is 3.08. The number of ether oxygens (including phenoxy) is 1. The summed E-state index contributed by atoms with van der Waals surface area (Å²) in [6.45, 7) is 3.90. The Bertz CT molecular complexity index is 1150. The summed E-state index contributed by atoms with van der Waals surface area (Å²) >= 11 is 0. The number of carbonyl (C=O) groups excluding carboxylic acids is 1. The minimum atomic E-state index is -0.0693. The van der Waals surface area contributed by atoms with E-state index in [9.17, 15) is 4.79 Å². The van der Waals surface area contributed by atoms with E-state index in [4.69, 9.17) is 4.74 Å². The van der Waals surface area contributed by atoms with Crippen LogP contribution in [0.5, 0.6) is 11.6 Å². The Morgan fingerprint density at radius 1 is 1.00 bits per heavy atom. The van der Waals surface area contributed by atoms with Crippen molar-refractivity contribution in [3.8, 4) is 17.4 Å². The standard InChI is InChI=1S/C23H21N5O2/c1-16-12-17(2)28(27-16)21-14-23(25-15-24-21)30-20-10-8-19(9-11-20)26-22(29)13-18-6-4-3-5-7-18/h3-12,14-15H,13H2,1-2H3,(H,26,29). The molecule has 0 aliphatic carbocycles. The lowest BCUT2D eigenvalue weighted by Gasteiger charge is -2.09. The lowest BCUT2D eigenvalue weighted by atomic mass is 10.1. The number of rotatable bonds is 6. The van der Waals surface area contributed by atoms with Crippen molar-refractivity contribution in [2.45, 2.75) is 20.3 Å². The Balaban J connectivity index is 1.41. The predicted octanol–water partition coefficient (Wildman–Crippen LogP) is 4.25. The van der Waals surface area contributed by atoms with Gasteiger partial charge in [-0.05, 0) is 49.7 Å². The third-order valence-corrected chi connectivity index (χ3v) is 4.42. The van der Waals surface area contributed by atoms with E-state index in [1.807, 2.05) is 50.2 Å². The van der Waals surface area contributed by atoms with E-state index in [2.05, 4.69) is 20.4 Å². The van der Waals surface area contributed by atoms with Crippen molar-refractivity contribution in [3.05, 3.63) is 90.0 Å². The SMILES string of the molecule is Cc1cc(C)n(-c2cc(Oc3ccc(NC(=O)Cc4ccccc4)cc3)ncn2)n1. The van der Waals surface area contributed by atoms with Crippen LogP contribution >= 0.6 is 0 Å². The molecular weight excluding hydrogens is 378 g/mol. The predicted molar refractivity (Wildman–Crippen MR) is 114 cm³/mol. The number of aryl methyl sites for hydroxylation is 2. The Hall–Kier alpha value is -4.00. The largest absolute Gasteiger partial charge is 0.439 e. The van der Waals surface area contributed by atoms with Crippen LogP contribution in [-0.2, 0) is 11.2 Å². The van der Waals surface area contributed by atoms with Crippen molar-refractivity contribution in [3.63, 3.8) is 0 Å². The topological polar surface area (TPSA) is 81.9 Å². The number of carbonyl (C=O) groups is 1. The van der Waals surface area contributed by atoms with E-state index < -0.39 is 0 Å². The molecule has 0 aliphatic rings. The molecule has 0 aliphatic heterocycles. The number of hydrogen-bond donors (Lipinski definition) is 1. The zero-order valence-corrected chi connectivity index (χ0v) is 16.7. The summed E-state index contributed by atoms with van der Waals surface area (Å²) in [6.07, 6.45) is 1.77. The monoisotopic (exact) mass is 399 g/mol. The fourth-order valence-corrected chi connectivity index (χ4v) is 3.08. The second kappa shape index (κ2) is 8.57. The Kier molecular flexibility index (Phi) is 5.52. The van der Waals surface area contributed by atoms with Gasteiger partial charge in [-0.1, -0.05) is 30.3 Å². The third-order valence-electron chi connectivity index (χ3n) is 4.42. The minimum absolute atomic E-state index is 0.0693. The zero-order chi connectivity index (χ0) is 20.9. The molecule has 150 valence electrons. The molecule has 0 atom stereocenters. The first-order valence-electron chi connectivity index (χ1n) is 9.54. The summed E-state index contributed by atoms with van der Waals surface area (Å²) in [7, 11) is 0. The number of nitrogens with one attached hydrogen (secondary N) is 1. The molecule has 0 saturated carbocycles. The van der Waals surface area contributed by atoms with Crippen molar-refractivity contribution in [1.29, 1.82) is 0 Å². The zero-order valence-electron chi connectivity index (χ0n) is 16.7. The summed E-state index contributed by atoms with van der Waals surface area (Å²) in [5, 5.41) is 7.32. The van der Waals surface area contributed by atoms with Gasteiger partial charge in [-0.15, -0.1) is 0 Å². The molecule has 0 unspecified atom stereocenters. The Labute approximate surface area is 174 Å². The lowest BCUT2D eigenvalue weighted by Crippen LogP contribution is -2.14. The summed E-state index contributed by atoms with van der Waals surface area (Å²) in [5.74, 6) is 1.58. The van der Waals surface area contributed by atoms with Gasteiger partial charge in [0.1, 0.15) is 12.1 Å². The van der Waals surface area contributed by atoms with Gasteiger partial charge in [-0.2, -0.15) is 5.10 Å². The highest BCUT2D eigenvalue weighted by Crippen LogP contribution is 2.23. The molecule has 2 aromatic heterocycles. The van der Waals surface area contributed by atoms with Gasteiger partial charge >= 0.3 is 0 Å². The van der Waals surface area contributed by atoms with E-state index in [0.29, 0.717) is 29.6 Å². The van der Waals surface area contributed by atoms with Gasteiger partial charge in [0.05, 0.1) is 12.1 Å². The molecule has 0 fully saturated rings. The van der Waals surface area contributed by atoms with E-state index in [0.717, 1.165) is 17.0 Å². The lowest BCUT2D eigenvalue weighted by molar-refractivity contribution is -0.115. The Morgan fingerprint density at radius 2 is 1.77 bits per heavy atom. The summed E-state index contributed by atoms with van der Waals surface area (Å²) in [6, 6.07) is 20.5. The molecular formula is C23H21N5O2. The van der Waals surface area contributed by atoms with Crippen molar-refractivity contribution in [2.24, 2.45) is 0 Å². The van der Waals surface area contributed by atoms with Crippen LogP contribution in [0.15, 0.2) is 73.1 Å². The average molecular weight is 399 g/mol. The molecule has 2 heterocycles. The number of hydrogen-bond acceptors (Lipinski definition) is 5. The third kappa shape index (κ3) is 4.70. The first-order valence-corrected chi connectivity index (χ1v) is 9.54. The van der Waals surface area contributed by atoms with Gasteiger partial charge in [0, 0.05) is 17.4 Å². The molecule has 0 bridgehead atoms. The van der Waals surface area contributed by atoms with Crippen LogP contribution in [0.25, 0.3) is 5.82 Å². The average Bonchev–Trinajstić information content (AvgIpc) is 3.08. The van der Waals surface area contributed by atoms with E-state index in [1.165, 1.54) is 6.33 Å². The number of amides is 1. The van der Waals surface area contributed by atoms with Crippen LogP contribution in [0, 0.1) is 13.8 Å². The quantitative estimate of drug-likeness (QED) is 0.524. The first-order chi connectivity index (χ1) is 14.6. The minimum Gasteiger partial charge on any atom is -0.439 e. The molecule has 7 heteroatoms. The molecule has 30 heavy (non-hydrogen) atoms. The molecule has 1 N–H and O–H groups in total. The maximum atomic E-state index is 12.2. The molecule has 4 rings (SSSR count). The number of nitrogens with zero attached hydrogens (tertiary/aromatic N) is 4. The summed E-state index contributed by atoms with van der Waals surface area (Å²) in [4.78, 5) is 20.6. The molecule has 7 nitrogen and oxygen atoms in total. The van der Waals surface area contributed by atoms with Crippen LogP contribution in [-0.4, -0.2) is 25.7 Å². The maximum absolute atomic E-state index is 12.2. The first kappa shape index (κ1) is 19.3. The second-order valence-corrected chi connectivity index (χ2v) is 6.89. The summed E-state index contributed by atoms with van der Waals surface area (Å²) in [5.41, 5.74) is 3.57. The maximum Gasteiger partial charge on any atom is 0.228 e. The molecule has 2 aromatic carbocycles. The van der Waals surface area contributed by atoms with Gasteiger partial charge in [0.2, 0.25) is 11.8 Å². The second-order valence-electron chi connectivity index (χ2n) is 6.89. The van der Waals surface area contributed by atoms with Crippen LogP contribution < -0.4 is 10.1 Å².